The van der Waals surface area contributed by atoms with E-state index in [0.29, 0.717) is 31.7 Å². The molecule has 0 aromatic heterocycles. The number of hydrogen-bond acceptors (Lipinski definition) is 3. The number of carbonyl (C=O) groups is 2. The lowest BCUT2D eigenvalue weighted by Gasteiger charge is -2.33. The van der Waals surface area contributed by atoms with Crippen LogP contribution in [0.1, 0.15) is 12.0 Å². The van der Waals surface area contributed by atoms with E-state index in [-0.39, 0.29) is 30.6 Å². The van der Waals surface area contributed by atoms with Crippen molar-refractivity contribution in [1.82, 2.24) is 4.90 Å². The minimum absolute atomic E-state index is 0.0844. The largest absolute Gasteiger partial charge is 0.481 e. The number of nitrogens with zero attached hydrogens (tertiary/aromatic N) is 1. The molecule has 0 aliphatic carbocycles. The smallest absolute Gasteiger partial charge is 0.311 e. The van der Waals surface area contributed by atoms with Gasteiger partial charge in [0, 0.05) is 25.6 Å². The quantitative estimate of drug-likeness (QED) is 0.914. The number of halogens is 1. The Morgan fingerprint density at radius 2 is 2.27 bits per heavy atom. The van der Waals surface area contributed by atoms with Crippen molar-refractivity contribution in [2.24, 2.45) is 11.3 Å². The number of amides is 1. The van der Waals surface area contributed by atoms with Gasteiger partial charge in [0.15, 0.2) is 0 Å². The SMILES string of the molecule is O=C(Cc1cccc(F)c1)N1C[C@H]2COCC[C@@]2(C(=O)O)C1. The van der Waals surface area contributed by atoms with Crippen molar-refractivity contribution in [2.45, 2.75) is 12.8 Å². The number of hydrogen-bond donors (Lipinski definition) is 1. The molecule has 0 spiro atoms. The van der Waals surface area contributed by atoms with Crippen LogP contribution in [0.5, 0.6) is 0 Å². The van der Waals surface area contributed by atoms with E-state index in [1.54, 1.807) is 17.0 Å². The maximum Gasteiger partial charge on any atom is 0.311 e. The van der Waals surface area contributed by atoms with E-state index in [9.17, 15) is 19.1 Å². The van der Waals surface area contributed by atoms with Crippen LogP contribution in [0, 0.1) is 17.2 Å². The van der Waals surface area contributed by atoms with Gasteiger partial charge in [0.25, 0.3) is 0 Å². The molecule has 0 bridgehead atoms. The van der Waals surface area contributed by atoms with Crippen LogP contribution >= 0.6 is 0 Å². The molecule has 2 saturated heterocycles. The Hall–Kier alpha value is -1.95. The van der Waals surface area contributed by atoms with Crippen LogP contribution in [0.25, 0.3) is 0 Å². The van der Waals surface area contributed by atoms with Gasteiger partial charge >= 0.3 is 5.97 Å². The maximum absolute atomic E-state index is 13.2. The molecule has 118 valence electrons. The first-order valence-corrected chi connectivity index (χ1v) is 7.35. The van der Waals surface area contributed by atoms with Crippen LogP contribution in [0.15, 0.2) is 24.3 Å². The van der Waals surface area contributed by atoms with Crippen LogP contribution in [0.2, 0.25) is 0 Å². The second-order valence-electron chi connectivity index (χ2n) is 6.06. The van der Waals surface area contributed by atoms with Gasteiger partial charge in [-0.05, 0) is 24.1 Å². The molecule has 1 amide bonds. The van der Waals surface area contributed by atoms with E-state index >= 15 is 0 Å². The number of fused-ring (bicyclic) bond motifs is 1. The van der Waals surface area contributed by atoms with Crippen LogP contribution < -0.4 is 0 Å². The third kappa shape index (κ3) is 2.59. The molecule has 2 heterocycles. The molecular formula is C16H18FNO4. The molecule has 5 nitrogen and oxygen atoms in total. The van der Waals surface area contributed by atoms with Crippen molar-refractivity contribution < 1.29 is 23.8 Å². The molecule has 22 heavy (non-hydrogen) atoms. The zero-order valence-electron chi connectivity index (χ0n) is 12.1. The molecule has 2 atom stereocenters. The number of aliphatic carboxylic acids is 1. The third-order valence-electron chi connectivity index (χ3n) is 4.73. The number of rotatable bonds is 3. The molecular weight excluding hydrogens is 289 g/mol. The second kappa shape index (κ2) is 5.68. The Kier molecular flexibility index (Phi) is 3.87. The summed E-state index contributed by atoms with van der Waals surface area (Å²) in [6.07, 6.45) is 0.512. The fourth-order valence-electron chi connectivity index (χ4n) is 3.42. The van der Waals surface area contributed by atoms with Gasteiger partial charge < -0.3 is 14.7 Å². The van der Waals surface area contributed by atoms with Crippen molar-refractivity contribution in [1.29, 1.82) is 0 Å². The molecule has 1 aromatic rings. The number of benzene rings is 1. The number of ether oxygens (including phenoxy) is 1. The molecule has 3 rings (SSSR count). The minimum Gasteiger partial charge on any atom is -0.481 e. The van der Waals surface area contributed by atoms with Crippen molar-refractivity contribution in [3.8, 4) is 0 Å². The first kappa shape index (κ1) is 15.0. The highest BCUT2D eigenvalue weighted by Crippen LogP contribution is 2.42. The van der Waals surface area contributed by atoms with Gasteiger partial charge in [-0.25, -0.2) is 4.39 Å². The monoisotopic (exact) mass is 307 g/mol. The van der Waals surface area contributed by atoms with E-state index in [1.165, 1.54) is 12.1 Å². The summed E-state index contributed by atoms with van der Waals surface area (Å²) < 4.78 is 18.6. The standard InChI is InChI=1S/C16H18FNO4/c17-13-3-1-2-11(6-13)7-14(19)18-8-12-9-22-5-4-16(12,10-18)15(20)21/h1-3,6,12H,4-5,7-10H2,(H,20,21)/t12-,16+/m0/s1. The van der Waals surface area contributed by atoms with Crippen molar-refractivity contribution in [3.05, 3.63) is 35.6 Å². The lowest BCUT2D eigenvalue weighted by Crippen LogP contribution is -2.45. The van der Waals surface area contributed by atoms with Crippen molar-refractivity contribution in [2.75, 3.05) is 26.3 Å². The predicted molar refractivity (Wildman–Crippen MR) is 75.7 cm³/mol. The first-order valence-electron chi connectivity index (χ1n) is 7.35. The van der Waals surface area contributed by atoms with Crippen LogP contribution in [0.4, 0.5) is 4.39 Å². The minimum atomic E-state index is -0.893. The van der Waals surface area contributed by atoms with Gasteiger partial charge in [0.2, 0.25) is 5.91 Å². The highest BCUT2D eigenvalue weighted by Gasteiger charge is 2.54. The zero-order valence-corrected chi connectivity index (χ0v) is 12.1. The summed E-state index contributed by atoms with van der Waals surface area (Å²) in [5, 5.41) is 9.58. The van der Waals surface area contributed by atoms with E-state index in [0.717, 1.165) is 0 Å². The normalized spacial score (nSPS) is 27.5. The summed E-state index contributed by atoms with van der Waals surface area (Å²) in [5.41, 5.74) is -0.295. The average molecular weight is 307 g/mol. The fraction of sp³-hybridized carbons (Fsp3) is 0.500. The lowest BCUT2D eigenvalue weighted by atomic mass is 9.74. The number of carboxylic acid groups (broad SMARTS) is 1. The highest BCUT2D eigenvalue weighted by atomic mass is 19.1. The number of likely N-dealkylation sites (tertiary alicyclic amines) is 1. The fourth-order valence-corrected chi connectivity index (χ4v) is 3.42. The molecule has 1 N–H and O–H groups in total. The highest BCUT2D eigenvalue weighted by molar-refractivity contribution is 5.82. The predicted octanol–water partition coefficient (Wildman–Crippen LogP) is 1.32. The van der Waals surface area contributed by atoms with Gasteiger partial charge in [-0.1, -0.05) is 12.1 Å². The molecule has 0 unspecified atom stereocenters. The average Bonchev–Trinajstić information content (AvgIpc) is 2.88. The Bertz CT molecular complexity index is 606. The van der Waals surface area contributed by atoms with Gasteiger partial charge in [-0.15, -0.1) is 0 Å². The Morgan fingerprint density at radius 1 is 1.45 bits per heavy atom. The summed E-state index contributed by atoms with van der Waals surface area (Å²) in [7, 11) is 0. The van der Waals surface area contributed by atoms with Crippen LogP contribution in [-0.4, -0.2) is 48.2 Å². The van der Waals surface area contributed by atoms with E-state index in [1.807, 2.05) is 0 Å². The first-order chi connectivity index (χ1) is 10.5. The zero-order chi connectivity index (χ0) is 15.7. The number of carboxylic acids is 1. The molecule has 2 fully saturated rings. The molecule has 6 heteroatoms. The van der Waals surface area contributed by atoms with E-state index in [4.69, 9.17) is 4.74 Å². The van der Waals surface area contributed by atoms with E-state index in [2.05, 4.69) is 0 Å². The second-order valence-corrected chi connectivity index (χ2v) is 6.06. The summed E-state index contributed by atoms with van der Waals surface area (Å²) in [6, 6.07) is 5.92. The Labute approximate surface area is 127 Å². The van der Waals surface area contributed by atoms with Gasteiger partial charge in [-0.2, -0.15) is 0 Å². The third-order valence-corrected chi connectivity index (χ3v) is 4.73. The molecule has 1 aromatic carbocycles. The topological polar surface area (TPSA) is 66.8 Å². The Morgan fingerprint density at radius 3 is 2.95 bits per heavy atom. The van der Waals surface area contributed by atoms with Crippen molar-refractivity contribution >= 4 is 11.9 Å². The summed E-state index contributed by atoms with van der Waals surface area (Å²) in [4.78, 5) is 25.7. The molecule has 0 saturated carbocycles. The van der Waals surface area contributed by atoms with Gasteiger partial charge in [-0.3, -0.25) is 9.59 Å². The lowest BCUT2D eigenvalue weighted by molar-refractivity contribution is -0.157. The number of carbonyl (C=O) groups excluding carboxylic acids is 1. The maximum atomic E-state index is 13.2. The summed E-state index contributed by atoms with van der Waals surface area (Å²) >= 11 is 0. The Balaban J connectivity index is 1.73. The van der Waals surface area contributed by atoms with Gasteiger partial charge in [0.05, 0.1) is 18.4 Å². The van der Waals surface area contributed by atoms with Crippen molar-refractivity contribution in [3.63, 3.8) is 0 Å². The van der Waals surface area contributed by atoms with Crippen LogP contribution in [0.3, 0.4) is 0 Å². The van der Waals surface area contributed by atoms with Crippen LogP contribution in [-0.2, 0) is 20.7 Å². The molecule has 0 radical (unpaired) electrons. The van der Waals surface area contributed by atoms with Gasteiger partial charge in [0.1, 0.15) is 5.82 Å². The molecule has 2 aliphatic heterocycles. The molecule has 2 aliphatic rings. The summed E-state index contributed by atoms with van der Waals surface area (Å²) in [6.45, 7) is 1.38. The summed E-state index contributed by atoms with van der Waals surface area (Å²) in [5.74, 6) is -1.58. The van der Waals surface area contributed by atoms with E-state index < -0.39 is 11.4 Å².